The first-order valence-electron chi connectivity index (χ1n) is 19.5. The third-order valence-electron chi connectivity index (χ3n) is 10.3. The van der Waals surface area contributed by atoms with Crippen LogP contribution < -0.4 is 5.73 Å². The molecule has 0 radical (unpaired) electrons. The first-order valence-corrected chi connectivity index (χ1v) is 19.5. The summed E-state index contributed by atoms with van der Waals surface area (Å²) in [6.07, 6.45) is -8.26. The van der Waals surface area contributed by atoms with E-state index in [1.807, 2.05) is 6.08 Å². The van der Waals surface area contributed by atoms with E-state index < -0.39 is 124 Å². The molecule has 3 aliphatic heterocycles. The summed E-state index contributed by atoms with van der Waals surface area (Å²) in [5, 5.41) is 114. The van der Waals surface area contributed by atoms with Crippen molar-refractivity contribution in [3.8, 4) is 0 Å². The van der Waals surface area contributed by atoms with E-state index in [4.69, 9.17) is 34.2 Å². The standard InChI is InChI=1S/C36H67NO17/c1-2-3-4-5-6-7-8-9-10-11-12-13-14-15-21(41)20(37)19-49-34-30(47)27(44)32(23(17-39)51-34)54-36-31(48)28(45)33(24(18-40)52-36)53-35-29(46)26(43)25(42)22(16-38)50-35/h14-15,20-36,38-48H,2-13,16-19,37H2,1H3. The molecule has 3 saturated heterocycles. The first-order chi connectivity index (χ1) is 25.9. The van der Waals surface area contributed by atoms with Gasteiger partial charge in [-0.15, -0.1) is 0 Å². The van der Waals surface area contributed by atoms with Gasteiger partial charge in [-0.25, -0.2) is 0 Å². The van der Waals surface area contributed by atoms with Gasteiger partial charge in [0.25, 0.3) is 0 Å². The van der Waals surface area contributed by atoms with Crippen LogP contribution in [-0.2, 0) is 28.4 Å². The molecular weight excluding hydrogens is 718 g/mol. The zero-order valence-corrected chi connectivity index (χ0v) is 31.2. The zero-order valence-electron chi connectivity index (χ0n) is 31.2. The smallest absolute Gasteiger partial charge is 0.187 e. The summed E-state index contributed by atoms with van der Waals surface area (Å²) in [7, 11) is 0. The summed E-state index contributed by atoms with van der Waals surface area (Å²) in [6.45, 7) is -0.413. The van der Waals surface area contributed by atoms with Crippen LogP contribution in [0.1, 0.15) is 84.0 Å². The highest BCUT2D eigenvalue weighted by Gasteiger charge is 2.53. The average Bonchev–Trinajstić information content (AvgIpc) is 3.17. The fourth-order valence-electron chi connectivity index (χ4n) is 6.79. The Morgan fingerprint density at radius 2 is 0.981 bits per heavy atom. The van der Waals surface area contributed by atoms with Crippen molar-refractivity contribution in [2.45, 2.75) is 188 Å². The predicted molar refractivity (Wildman–Crippen MR) is 189 cm³/mol. The molecule has 3 aliphatic rings. The Hall–Kier alpha value is -0.980. The van der Waals surface area contributed by atoms with Gasteiger partial charge in [-0.3, -0.25) is 0 Å². The zero-order chi connectivity index (χ0) is 39.8. The molecule has 18 heteroatoms. The second-order valence-corrected chi connectivity index (χ2v) is 14.6. The van der Waals surface area contributed by atoms with Crippen molar-refractivity contribution in [3.63, 3.8) is 0 Å². The summed E-state index contributed by atoms with van der Waals surface area (Å²) < 4.78 is 33.3. The SMILES string of the molecule is CCCCCCCCCCCCCC=CC(O)C(N)COC1OC(CO)C(OC2OC(CO)C(OC3OC(CO)C(O)C(O)C3O)C(O)C2O)C(O)C1O. The van der Waals surface area contributed by atoms with E-state index in [-0.39, 0.29) is 6.61 Å². The second kappa shape index (κ2) is 24.7. The van der Waals surface area contributed by atoms with Crippen LogP contribution in [0.15, 0.2) is 12.2 Å². The number of aliphatic hydroxyl groups is 11. The molecule has 0 bridgehead atoms. The molecule has 318 valence electrons. The highest BCUT2D eigenvalue weighted by Crippen LogP contribution is 2.32. The van der Waals surface area contributed by atoms with Crippen molar-refractivity contribution in [2.24, 2.45) is 5.73 Å². The van der Waals surface area contributed by atoms with Crippen LogP contribution in [-0.4, -0.2) is 187 Å². The van der Waals surface area contributed by atoms with Crippen LogP contribution in [0, 0.1) is 0 Å². The number of aliphatic hydroxyl groups excluding tert-OH is 11. The van der Waals surface area contributed by atoms with Crippen molar-refractivity contribution in [2.75, 3.05) is 26.4 Å². The van der Waals surface area contributed by atoms with E-state index in [1.165, 1.54) is 57.8 Å². The molecule has 0 amide bonds. The van der Waals surface area contributed by atoms with E-state index >= 15 is 0 Å². The first kappa shape index (κ1) is 47.4. The Kier molecular flexibility index (Phi) is 21.7. The predicted octanol–water partition coefficient (Wildman–Crippen LogP) is -2.60. The lowest BCUT2D eigenvalue weighted by atomic mass is 9.96. The van der Waals surface area contributed by atoms with Crippen LogP contribution in [0.2, 0.25) is 0 Å². The van der Waals surface area contributed by atoms with Gasteiger partial charge in [0.15, 0.2) is 18.9 Å². The Balaban J connectivity index is 1.44. The van der Waals surface area contributed by atoms with Crippen LogP contribution >= 0.6 is 0 Å². The molecule has 0 saturated carbocycles. The molecule has 0 aromatic rings. The van der Waals surface area contributed by atoms with E-state index in [0.717, 1.165) is 19.3 Å². The largest absolute Gasteiger partial charge is 0.394 e. The lowest BCUT2D eigenvalue weighted by molar-refractivity contribution is -0.379. The van der Waals surface area contributed by atoms with Gasteiger partial charge in [0.1, 0.15) is 73.2 Å². The highest BCUT2D eigenvalue weighted by molar-refractivity contribution is 4.97. The number of hydrogen-bond donors (Lipinski definition) is 12. The van der Waals surface area contributed by atoms with E-state index in [0.29, 0.717) is 0 Å². The summed E-state index contributed by atoms with van der Waals surface area (Å²) in [6, 6.07) is -0.908. The minimum Gasteiger partial charge on any atom is -0.394 e. The summed E-state index contributed by atoms with van der Waals surface area (Å²) in [5.74, 6) is 0. The fraction of sp³-hybridized carbons (Fsp3) is 0.944. The molecule has 3 fully saturated rings. The van der Waals surface area contributed by atoms with Gasteiger partial charge in [-0.1, -0.05) is 83.3 Å². The maximum Gasteiger partial charge on any atom is 0.187 e. The van der Waals surface area contributed by atoms with Gasteiger partial charge in [-0.2, -0.15) is 0 Å². The average molecular weight is 786 g/mol. The second-order valence-electron chi connectivity index (χ2n) is 14.6. The minimum absolute atomic E-state index is 0.285. The summed E-state index contributed by atoms with van der Waals surface area (Å²) in [5.41, 5.74) is 6.08. The van der Waals surface area contributed by atoms with Crippen LogP contribution in [0.25, 0.3) is 0 Å². The number of hydrogen-bond acceptors (Lipinski definition) is 18. The molecule has 0 aliphatic carbocycles. The topological polar surface area (TPSA) is 304 Å². The van der Waals surface area contributed by atoms with Gasteiger partial charge >= 0.3 is 0 Å². The monoisotopic (exact) mass is 785 g/mol. The highest BCUT2D eigenvalue weighted by atomic mass is 16.8. The normalized spacial score (nSPS) is 38.9. The number of ether oxygens (including phenoxy) is 6. The number of rotatable bonds is 24. The van der Waals surface area contributed by atoms with Gasteiger partial charge in [0.05, 0.1) is 38.6 Å². The number of nitrogens with two attached hydrogens (primary N) is 1. The Morgan fingerprint density at radius 1 is 0.556 bits per heavy atom. The van der Waals surface area contributed by atoms with E-state index in [2.05, 4.69) is 6.92 Å². The molecular formula is C36H67NO17. The molecule has 54 heavy (non-hydrogen) atoms. The van der Waals surface area contributed by atoms with Crippen molar-refractivity contribution in [3.05, 3.63) is 12.2 Å². The van der Waals surface area contributed by atoms with Gasteiger partial charge in [-0.05, 0) is 12.8 Å². The molecule has 17 atom stereocenters. The third-order valence-corrected chi connectivity index (χ3v) is 10.3. The van der Waals surface area contributed by atoms with Crippen LogP contribution in [0.3, 0.4) is 0 Å². The Bertz CT molecular complexity index is 1030. The van der Waals surface area contributed by atoms with Crippen molar-refractivity contribution < 1.29 is 84.6 Å². The summed E-state index contributed by atoms with van der Waals surface area (Å²) in [4.78, 5) is 0. The molecule has 3 rings (SSSR count). The van der Waals surface area contributed by atoms with Gasteiger partial charge in [0.2, 0.25) is 0 Å². The van der Waals surface area contributed by atoms with Crippen molar-refractivity contribution in [1.82, 2.24) is 0 Å². The van der Waals surface area contributed by atoms with Gasteiger partial charge < -0.3 is 90.3 Å². The molecule has 17 unspecified atom stereocenters. The Labute approximate surface area is 317 Å². The summed E-state index contributed by atoms with van der Waals surface area (Å²) >= 11 is 0. The molecule has 0 aromatic carbocycles. The molecule has 13 N–H and O–H groups in total. The maximum atomic E-state index is 10.9. The number of unbranched alkanes of at least 4 members (excludes halogenated alkanes) is 11. The third kappa shape index (κ3) is 13.6. The lowest BCUT2D eigenvalue weighted by Crippen LogP contribution is -2.66. The number of allylic oxidation sites excluding steroid dienone is 1. The van der Waals surface area contributed by atoms with Gasteiger partial charge in [0, 0.05) is 0 Å². The molecule has 0 spiro atoms. The quantitative estimate of drug-likeness (QED) is 0.0353. The lowest BCUT2D eigenvalue weighted by Gasteiger charge is -2.48. The maximum absolute atomic E-state index is 10.9. The van der Waals surface area contributed by atoms with E-state index in [9.17, 15) is 56.2 Å². The molecule has 18 nitrogen and oxygen atoms in total. The molecule has 3 heterocycles. The Morgan fingerprint density at radius 3 is 1.48 bits per heavy atom. The van der Waals surface area contributed by atoms with Crippen LogP contribution in [0.5, 0.6) is 0 Å². The van der Waals surface area contributed by atoms with Crippen molar-refractivity contribution >= 4 is 0 Å². The minimum atomic E-state index is -1.94. The molecule has 0 aromatic heterocycles. The van der Waals surface area contributed by atoms with E-state index in [1.54, 1.807) is 6.08 Å². The fourth-order valence-corrected chi connectivity index (χ4v) is 6.79. The van der Waals surface area contributed by atoms with Crippen molar-refractivity contribution in [1.29, 1.82) is 0 Å². The van der Waals surface area contributed by atoms with Crippen LogP contribution in [0.4, 0.5) is 0 Å².